The summed E-state index contributed by atoms with van der Waals surface area (Å²) in [5.74, 6) is -1.43. The predicted molar refractivity (Wildman–Crippen MR) is 93.4 cm³/mol. The van der Waals surface area contributed by atoms with Gasteiger partial charge >= 0.3 is 12.6 Å². The predicted octanol–water partition coefficient (Wildman–Crippen LogP) is 2.37. The number of ketones is 1. The summed E-state index contributed by atoms with van der Waals surface area (Å²) in [6, 6.07) is 5.45. The van der Waals surface area contributed by atoms with Crippen molar-refractivity contribution in [3.8, 4) is 5.75 Å². The molecule has 1 aromatic carbocycles. The van der Waals surface area contributed by atoms with Gasteiger partial charge in [0.1, 0.15) is 5.75 Å². The van der Waals surface area contributed by atoms with Crippen LogP contribution in [0.25, 0.3) is 0 Å². The molecule has 0 aliphatic carbocycles. The summed E-state index contributed by atoms with van der Waals surface area (Å²) in [5, 5.41) is 0.124. The second-order valence-electron chi connectivity index (χ2n) is 5.38. The van der Waals surface area contributed by atoms with Gasteiger partial charge in [-0.1, -0.05) is 23.4 Å². The van der Waals surface area contributed by atoms with Gasteiger partial charge in [-0.3, -0.25) is 14.4 Å². The number of aromatic nitrogens is 2. The van der Waals surface area contributed by atoms with Gasteiger partial charge in [0.25, 0.3) is 5.56 Å². The molecule has 0 aliphatic heterocycles. The van der Waals surface area contributed by atoms with Crippen LogP contribution < -0.4 is 10.3 Å². The molecule has 0 spiro atoms. The Morgan fingerprint density at radius 2 is 2.04 bits per heavy atom. The normalized spacial score (nSPS) is 10.7. The molecule has 0 amide bonds. The van der Waals surface area contributed by atoms with Crippen LogP contribution in [0.1, 0.15) is 21.6 Å². The van der Waals surface area contributed by atoms with Crippen molar-refractivity contribution in [3.63, 3.8) is 0 Å². The molecule has 7 nitrogen and oxygen atoms in total. The Labute approximate surface area is 157 Å². The molecule has 0 fully saturated rings. The molecule has 2 rings (SSSR count). The number of Topliss-reactive ketones (excluding diaryl/α,β-unsaturated/α-hetero) is 1. The summed E-state index contributed by atoms with van der Waals surface area (Å²) < 4.78 is 33.9. The van der Waals surface area contributed by atoms with Crippen LogP contribution in [0.4, 0.5) is 8.78 Å². The minimum atomic E-state index is -3.06. The fourth-order valence-electron chi connectivity index (χ4n) is 2.13. The molecular formula is C17H16F2N2O5S. The minimum absolute atomic E-state index is 0.0101. The minimum Gasteiger partial charge on any atom is -0.469 e. The Kier molecular flexibility index (Phi) is 7.05. The first-order valence-electron chi connectivity index (χ1n) is 7.67. The molecule has 10 heteroatoms. The Morgan fingerprint density at radius 3 is 2.70 bits per heavy atom. The fraction of sp³-hybridized carbons (Fsp3) is 0.294. The van der Waals surface area contributed by atoms with E-state index in [0.717, 1.165) is 17.8 Å². The first-order valence-corrected chi connectivity index (χ1v) is 8.65. The number of carbonyl (C=O) groups is 2. The van der Waals surface area contributed by atoms with E-state index in [4.69, 9.17) is 0 Å². The van der Waals surface area contributed by atoms with E-state index in [0.29, 0.717) is 5.56 Å². The SMILES string of the molecule is COC(=O)Cc1cc(=O)[nH]c(SCC(=O)c2cc(C)ccc2OC(F)F)n1. The van der Waals surface area contributed by atoms with Crippen molar-refractivity contribution < 1.29 is 27.8 Å². The molecule has 2 aromatic rings. The third-order valence-electron chi connectivity index (χ3n) is 3.32. The summed E-state index contributed by atoms with van der Waals surface area (Å²) >= 11 is 0.908. The molecule has 0 saturated carbocycles. The number of esters is 1. The molecule has 0 radical (unpaired) electrons. The number of carbonyl (C=O) groups excluding carboxylic acids is 2. The summed E-state index contributed by atoms with van der Waals surface area (Å²) in [5.41, 5.74) is 0.418. The lowest BCUT2D eigenvalue weighted by atomic mass is 10.1. The number of nitrogens with zero attached hydrogens (tertiary/aromatic N) is 1. The van der Waals surface area contributed by atoms with Crippen LogP contribution in [-0.4, -0.2) is 41.2 Å². The maximum Gasteiger partial charge on any atom is 0.387 e. The zero-order valence-electron chi connectivity index (χ0n) is 14.5. The van der Waals surface area contributed by atoms with Gasteiger partial charge in [-0.15, -0.1) is 0 Å². The Bertz CT molecular complexity index is 901. The van der Waals surface area contributed by atoms with E-state index in [9.17, 15) is 23.2 Å². The summed E-state index contributed by atoms with van der Waals surface area (Å²) in [7, 11) is 1.21. The van der Waals surface area contributed by atoms with Crippen molar-refractivity contribution in [1.29, 1.82) is 0 Å². The van der Waals surface area contributed by atoms with Crippen LogP contribution in [-0.2, 0) is 16.0 Å². The van der Waals surface area contributed by atoms with E-state index in [2.05, 4.69) is 19.4 Å². The van der Waals surface area contributed by atoms with E-state index >= 15 is 0 Å². The van der Waals surface area contributed by atoms with Crippen molar-refractivity contribution in [2.45, 2.75) is 25.1 Å². The lowest BCUT2D eigenvalue weighted by Crippen LogP contribution is -2.15. The van der Waals surface area contributed by atoms with Crippen molar-refractivity contribution in [2.24, 2.45) is 0 Å². The van der Waals surface area contributed by atoms with E-state index in [-0.39, 0.29) is 34.3 Å². The smallest absolute Gasteiger partial charge is 0.387 e. The van der Waals surface area contributed by atoms with Crippen LogP contribution in [0.2, 0.25) is 0 Å². The fourth-order valence-corrected chi connectivity index (χ4v) is 2.91. The standard InChI is InChI=1S/C17H16F2N2O5S/c1-9-3-4-13(26-16(18)19)11(5-9)12(22)8-27-17-20-10(6-14(23)21-17)7-15(24)25-2/h3-6,16H,7-8H2,1-2H3,(H,20,21,23). The number of aromatic amines is 1. The van der Waals surface area contributed by atoms with Gasteiger partial charge < -0.3 is 14.5 Å². The highest BCUT2D eigenvalue weighted by Gasteiger charge is 2.17. The lowest BCUT2D eigenvalue weighted by Gasteiger charge is -2.10. The summed E-state index contributed by atoms with van der Waals surface area (Å²) in [6.45, 7) is -1.34. The van der Waals surface area contributed by atoms with E-state index in [1.54, 1.807) is 13.0 Å². The van der Waals surface area contributed by atoms with Crippen molar-refractivity contribution in [1.82, 2.24) is 9.97 Å². The molecule has 144 valence electrons. The number of hydrogen-bond donors (Lipinski definition) is 1. The Balaban J connectivity index is 2.15. The van der Waals surface area contributed by atoms with Gasteiger partial charge in [-0.05, 0) is 19.1 Å². The first-order chi connectivity index (χ1) is 12.8. The van der Waals surface area contributed by atoms with Gasteiger partial charge in [-0.2, -0.15) is 8.78 Å². The Morgan fingerprint density at radius 1 is 1.30 bits per heavy atom. The zero-order valence-corrected chi connectivity index (χ0v) is 15.3. The molecule has 0 atom stereocenters. The highest BCUT2D eigenvalue weighted by Crippen LogP contribution is 2.25. The summed E-state index contributed by atoms with van der Waals surface area (Å²) in [6.07, 6.45) is -0.188. The van der Waals surface area contributed by atoms with E-state index in [1.165, 1.54) is 19.2 Å². The molecule has 27 heavy (non-hydrogen) atoms. The maximum atomic E-state index is 12.5. The number of alkyl halides is 2. The number of thioether (sulfide) groups is 1. The number of H-pyrrole nitrogens is 1. The first kappa shape index (κ1) is 20.6. The van der Waals surface area contributed by atoms with Crippen LogP contribution >= 0.6 is 11.8 Å². The summed E-state index contributed by atoms with van der Waals surface area (Å²) in [4.78, 5) is 41.9. The lowest BCUT2D eigenvalue weighted by molar-refractivity contribution is -0.139. The molecule has 0 aliphatic rings. The largest absolute Gasteiger partial charge is 0.469 e. The van der Waals surface area contributed by atoms with Crippen LogP contribution in [0.5, 0.6) is 5.75 Å². The number of benzene rings is 1. The number of ether oxygens (including phenoxy) is 2. The quantitative estimate of drug-likeness (QED) is 0.315. The number of aryl methyl sites for hydroxylation is 1. The van der Waals surface area contributed by atoms with Gasteiger partial charge in [0.2, 0.25) is 0 Å². The van der Waals surface area contributed by atoms with Gasteiger partial charge in [0.05, 0.1) is 30.5 Å². The number of hydrogen-bond acceptors (Lipinski definition) is 7. The number of halogens is 2. The Hall–Kier alpha value is -2.75. The number of methoxy groups -OCH3 is 1. The van der Waals surface area contributed by atoms with Crippen LogP contribution in [0.15, 0.2) is 34.2 Å². The van der Waals surface area contributed by atoms with E-state index < -0.39 is 23.9 Å². The van der Waals surface area contributed by atoms with Crippen molar-refractivity contribution in [3.05, 3.63) is 51.4 Å². The van der Waals surface area contributed by atoms with Gasteiger partial charge in [0, 0.05) is 6.07 Å². The number of nitrogens with one attached hydrogen (secondary N) is 1. The average Bonchev–Trinajstić information content (AvgIpc) is 2.60. The van der Waals surface area contributed by atoms with Crippen molar-refractivity contribution in [2.75, 3.05) is 12.9 Å². The topological polar surface area (TPSA) is 98.4 Å². The maximum absolute atomic E-state index is 12.5. The van der Waals surface area contributed by atoms with E-state index in [1.807, 2.05) is 0 Å². The third kappa shape index (κ3) is 6.17. The van der Waals surface area contributed by atoms with Gasteiger partial charge in [0.15, 0.2) is 10.9 Å². The molecule has 0 saturated heterocycles. The highest BCUT2D eigenvalue weighted by atomic mass is 32.2. The second-order valence-corrected chi connectivity index (χ2v) is 6.35. The van der Waals surface area contributed by atoms with Crippen LogP contribution in [0, 0.1) is 6.92 Å². The zero-order chi connectivity index (χ0) is 20.0. The molecule has 0 unspecified atom stereocenters. The monoisotopic (exact) mass is 398 g/mol. The molecule has 1 heterocycles. The van der Waals surface area contributed by atoms with Crippen LogP contribution in [0.3, 0.4) is 0 Å². The number of rotatable bonds is 8. The molecule has 1 N–H and O–H groups in total. The second kappa shape index (κ2) is 9.26. The average molecular weight is 398 g/mol. The molecular weight excluding hydrogens is 382 g/mol. The van der Waals surface area contributed by atoms with Gasteiger partial charge in [-0.25, -0.2) is 4.98 Å². The molecule has 1 aromatic heterocycles. The highest BCUT2D eigenvalue weighted by molar-refractivity contribution is 7.99. The third-order valence-corrected chi connectivity index (χ3v) is 4.19. The molecule has 0 bridgehead atoms. The van der Waals surface area contributed by atoms with Crippen molar-refractivity contribution >= 4 is 23.5 Å².